The molecule has 1 aromatic heterocycles. The van der Waals surface area contributed by atoms with Gasteiger partial charge in [0.1, 0.15) is 12.2 Å². The number of hydrogen-bond acceptors (Lipinski definition) is 5. The maximum atomic E-state index is 4.79. The standard InChI is InChI=1S/C18H36N8.HI/c1-5-17-23-22-15-26(17)9-8-20-18(19-6-2)21-14-16(4)25-12-10-24(7-3)11-13-25;/h15-16H,5-14H2,1-4H3,(H2,19,20,21);1H. The van der Waals surface area contributed by atoms with E-state index in [1.165, 1.54) is 13.1 Å². The summed E-state index contributed by atoms with van der Waals surface area (Å²) in [6, 6.07) is 0.467. The van der Waals surface area contributed by atoms with Crippen molar-refractivity contribution in [2.45, 2.75) is 46.7 Å². The number of nitrogens with one attached hydrogen (secondary N) is 2. The van der Waals surface area contributed by atoms with Gasteiger partial charge in [-0.1, -0.05) is 13.8 Å². The number of halogens is 1. The molecule has 8 nitrogen and oxygen atoms in total. The van der Waals surface area contributed by atoms with Crippen molar-refractivity contribution in [3.05, 3.63) is 12.2 Å². The molecule has 9 heteroatoms. The molecule has 0 aromatic carbocycles. The van der Waals surface area contributed by atoms with Gasteiger partial charge in [0.2, 0.25) is 0 Å². The zero-order valence-electron chi connectivity index (χ0n) is 17.3. The fourth-order valence-electron chi connectivity index (χ4n) is 3.24. The zero-order valence-corrected chi connectivity index (χ0v) is 19.6. The largest absolute Gasteiger partial charge is 0.357 e. The Morgan fingerprint density at radius 3 is 2.56 bits per heavy atom. The quantitative estimate of drug-likeness (QED) is 0.305. The van der Waals surface area contributed by atoms with Crippen LogP contribution in [0.3, 0.4) is 0 Å². The van der Waals surface area contributed by atoms with E-state index in [4.69, 9.17) is 4.99 Å². The van der Waals surface area contributed by atoms with Gasteiger partial charge in [-0.05, 0) is 20.4 Å². The summed E-state index contributed by atoms with van der Waals surface area (Å²) in [7, 11) is 0. The van der Waals surface area contributed by atoms with Crippen LogP contribution < -0.4 is 10.6 Å². The van der Waals surface area contributed by atoms with Crippen LogP contribution in [-0.2, 0) is 13.0 Å². The molecular weight excluding hydrogens is 455 g/mol. The van der Waals surface area contributed by atoms with Crippen molar-refractivity contribution in [3.8, 4) is 0 Å². The lowest BCUT2D eigenvalue weighted by Crippen LogP contribution is -2.50. The van der Waals surface area contributed by atoms with Gasteiger partial charge >= 0.3 is 0 Å². The second-order valence-corrected chi connectivity index (χ2v) is 6.76. The van der Waals surface area contributed by atoms with E-state index in [0.29, 0.717) is 6.04 Å². The van der Waals surface area contributed by atoms with Gasteiger partial charge in [0.25, 0.3) is 0 Å². The van der Waals surface area contributed by atoms with E-state index in [9.17, 15) is 0 Å². The Hall–Kier alpha value is -0.940. The van der Waals surface area contributed by atoms with E-state index in [0.717, 1.165) is 64.0 Å². The molecule has 1 aliphatic heterocycles. The van der Waals surface area contributed by atoms with Crippen molar-refractivity contribution in [1.29, 1.82) is 0 Å². The van der Waals surface area contributed by atoms with Crippen molar-refractivity contribution in [2.75, 3.05) is 52.4 Å². The molecule has 0 bridgehead atoms. The molecule has 1 atom stereocenters. The van der Waals surface area contributed by atoms with E-state index in [-0.39, 0.29) is 24.0 Å². The van der Waals surface area contributed by atoms with E-state index in [1.54, 1.807) is 6.33 Å². The van der Waals surface area contributed by atoms with Crippen LogP contribution >= 0.6 is 24.0 Å². The number of guanidine groups is 1. The van der Waals surface area contributed by atoms with Gasteiger partial charge in [-0.3, -0.25) is 9.89 Å². The molecule has 2 heterocycles. The van der Waals surface area contributed by atoms with Gasteiger partial charge in [-0.25, -0.2) is 0 Å². The molecule has 1 aromatic rings. The molecular formula is C18H37IN8. The number of piperazine rings is 1. The number of hydrogen-bond donors (Lipinski definition) is 2. The highest BCUT2D eigenvalue weighted by molar-refractivity contribution is 14.0. The Bertz CT molecular complexity index is 539. The SMILES string of the molecule is CCNC(=NCC(C)N1CCN(CC)CC1)NCCn1cnnc1CC.I. The number of likely N-dealkylation sites (N-methyl/N-ethyl adjacent to an activating group) is 1. The van der Waals surface area contributed by atoms with Crippen LogP contribution in [0.5, 0.6) is 0 Å². The molecule has 156 valence electrons. The predicted molar refractivity (Wildman–Crippen MR) is 122 cm³/mol. The lowest BCUT2D eigenvalue weighted by atomic mass is 10.2. The molecule has 2 N–H and O–H groups in total. The van der Waals surface area contributed by atoms with Gasteiger partial charge in [-0.2, -0.15) is 0 Å². The minimum atomic E-state index is 0. The monoisotopic (exact) mass is 492 g/mol. The molecule has 1 saturated heterocycles. The summed E-state index contributed by atoms with van der Waals surface area (Å²) in [5.41, 5.74) is 0. The molecule has 1 fully saturated rings. The predicted octanol–water partition coefficient (Wildman–Crippen LogP) is 1.04. The fraction of sp³-hybridized carbons (Fsp3) is 0.833. The lowest BCUT2D eigenvalue weighted by molar-refractivity contribution is 0.109. The maximum Gasteiger partial charge on any atom is 0.191 e. The van der Waals surface area contributed by atoms with Crippen molar-refractivity contribution in [2.24, 2.45) is 4.99 Å². The summed E-state index contributed by atoms with van der Waals surface area (Å²) in [6.45, 7) is 17.8. The molecule has 0 spiro atoms. The summed E-state index contributed by atoms with van der Waals surface area (Å²) in [5, 5.41) is 14.9. The normalized spacial score (nSPS) is 17.4. The van der Waals surface area contributed by atoms with Crippen molar-refractivity contribution < 1.29 is 0 Å². The molecule has 0 saturated carbocycles. The van der Waals surface area contributed by atoms with Gasteiger partial charge in [-0.15, -0.1) is 34.2 Å². The van der Waals surface area contributed by atoms with E-state index in [2.05, 4.69) is 62.9 Å². The number of aromatic nitrogens is 3. The Morgan fingerprint density at radius 1 is 1.19 bits per heavy atom. The topological polar surface area (TPSA) is 73.6 Å². The summed E-state index contributed by atoms with van der Waals surface area (Å²) in [4.78, 5) is 9.84. The second-order valence-electron chi connectivity index (χ2n) is 6.76. The van der Waals surface area contributed by atoms with Crippen molar-refractivity contribution in [3.63, 3.8) is 0 Å². The van der Waals surface area contributed by atoms with Gasteiger partial charge in [0, 0.05) is 58.3 Å². The summed E-state index contributed by atoms with van der Waals surface area (Å²) >= 11 is 0. The van der Waals surface area contributed by atoms with Crippen LogP contribution in [0.25, 0.3) is 0 Å². The summed E-state index contributed by atoms with van der Waals surface area (Å²) in [6.07, 6.45) is 2.69. The molecule has 0 radical (unpaired) electrons. The third-order valence-corrected chi connectivity index (χ3v) is 4.99. The van der Waals surface area contributed by atoms with Crippen LogP contribution in [0.15, 0.2) is 11.3 Å². The smallest absolute Gasteiger partial charge is 0.191 e. The molecule has 0 amide bonds. The Balaban J connectivity index is 0.00000364. The van der Waals surface area contributed by atoms with E-state index in [1.807, 2.05) is 0 Å². The average Bonchev–Trinajstić information content (AvgIpc) is 3.13. The highest BCUT2D eigenvalue weighted by atomic mass is 127. The molecule has 1 aliphatic rings. The Morgan fingerprint density at radius 2 is 1.93 bits per heavy atom. The molecule has 27 heavy (non-hydrogen) atoms. The summed E-state index contributed by atoms with van der Waals surface area (Å²) < 4.78 is 2.09. The fourth-order valence-corrected chi connectivity index (χ4v) is 3.24. The molecule has 2 rings (SSSR count). The van der Waals surface area contributed by atoms with Gasteiger partial charge in [0.15, 0.2) is 5.96 Å². The number of aryl methyl sites for hydroxylation is 1. The highest BCUT2D eigenvalue weighted by Gasteiger charge is 2.19. The first-order valence-corrected chi connectivity index (χ1v) is 10.0. The van der Waals surface area contributed by atoms with Crippen LogP contribution in [0.1, 0.15) is 33.5 Å². The van der Waals surface area contributed by atoms with Gasteiger partial charge in [0.05, 0.1) is 6.54 Å². The van der Waals surface area contributed by atoms with Crippen LogP contribution in [-0.4, -0.2) is 88.9 Å². The number of nitrogens with zero attached hydrogens (tertiary/aromatic N) is 6. The van der Waals surface area contributed by atoms with Crippen LogP contribution in [0.4, 0.5) is 0 Å². The first-order chi connectivity index (χ1) is 12.7. The first kappa shape index (κ1) is 24.1. The number of rotatable bonds is 9. The minimum Gasteiger partial charge on any atom is -0.357 e. The minimum absolute atomic E-state index is 0. The molecule has 1 unspecified atom stereocenters. The van der Waals surface area contributed by atoms with Crippen LogP contribution in [0, 0.1) is 0 Å². The van der Waals surface area contributed by atoms with E-state index >= 15 is 0 Å². The summed E-state index contributed by atoms with van der Waals surface area (Å²) in [5.74, 6) is 1.91. The molecule has 0 aliphatic carbocycles. The maximum absolute atomic E-state index is 4.79. The lowest BCUT2D eigenvalue weighted by Gasteiger charge is -2.37. The van der Waals surface area contributed by atoms with Crippen LogP contribution in [0.2, 0.25) is 0 Å². The first-order valence-electron chi connectivity index (χ1n) is 10.0. The zero-order chi connectivity index (χ0) is 18.8. The Kier molecular flexibility index (Phi) is 11.8. The van der Waals surface area contributed by atoms with E-state index < -0.39 is 0 Å². The Labute approximate surface area is 181 Å². The third kappa shape index (κ3) is 7.90. The highest BCUT2D eigenvalue weighted by Crippen LogP contribution is 2.06. The van der Waals surface area contributed by atoms with Gasteiger partial charge < -0.3 is 20.1 Å². The average molecular weight is 492 g/mol. The van der Waals surface area contributed by atoms with Crippen molar-refractivity contribution >= 4 is 29.9 Å². The van der Waals surface area contributed by atoms with Crippen molar-refractivity contribution in [1.82, 2.24) is 35.2 Å². The third-order valence-electron chi connectivity index (χ3n) is 4.99. The second kappa shape index (κ2) is 13.3. The number of aliphatic imine (C=N–C) groups is 1.